The third-order valence-electron chi connectivity index (χ3n) is 2.88. The number of nitrogens with zero attached hydrogens (tertiary/aromatic N) is 2. The van der Waals surface area contributed by atoms with Gasteiger partial charge in [-0.1, -0.05) is 0 Å². The maximum atomic E-state index is 12.1. The summed E-state index contributed by atoms with van der Waals surface area (Å²) >= 11 is 6.53. The van der Waals surface area contributed by atoms with Crippen LogP contribution in [0.4, 0.5) is 0 Å². The van der Waals surface area contributed by atoms with Crippen LogP contribution in [0.1, 0.15) is 27.6 Å². The average molecular weight is 442 g/mol. The average Bonchev–Trinajstić information content (AvgIpc) is 2.52. The molecule has 120 valence electrons. The summed E-state index contributed by atoms with van der Waals surface area (Å²) in [4.78, 5) is 32.0. The molecule has 0 aliphatic carbocycles. The van der Waals surface area contributed by atoms with Crippen LogP contribution >= 0.6 is 31.9 Å². The van der Waals surface area contributed by atoms with Crippen molar-refractivity contribution >= 4 is 43.7 Å². The largest absolute Gasteiger partial charge is 0.350 e. The van der Waals surface area contributed by atoms with Crippen LogP contribution in [-0.2, 0) is 0 Å². The van der Waals surface area contributed by atoms with Gasteiger partial charge in [-0.3, -0.25) is 19.6 Å². The number of carbonyl (C=O) groups excluding carboxylic acids is 2. The van der Waals surface area contributed by atoms with E-state index in [1.807, 2.05) is 6.92 Å². The molecule has 2 heterocycles. The molecule has 0 aliphatic heterocycles. The second kappa shape index (κ2) is 8.16. The Balaban J connectivity index is 1.86. The van der Waals surface area contributed by atoms with Crippen molar-refractivity contribution in [3.63, 3.8) is 0 Å². The Hall–Kier alpha value is -1.80. The van der Waals surface area contributed by atoms with Gasteiger partial charge in [0, 0.05) is 46.3 Å². The van der Waals surface area contributed by atoms with Gasteiger partial charge in [-0.2, -0.15) is 0 Å². The van der Waals surface area contributed by atoms with E-state index < -0.39 is 0 Å². The lowest BCUT2D eigenvalue weighted by Crippen LogP contribution is -2.41. The molecule has 0 spiro atoms. The number of pyridine rings is 2. The van der Waals surface area contributed by atoms with Gasteiger partial charge in [0.15, 0.2) is 0 Å². The van der Waals surface area contributed by atoms with Gasteiger partial charge in [-0.15, -0.1) is 0 Å². The molecule has 0 saturated carbocycles. The first kappa shape index (κ1) is 17.6. The number of aromatic nitrogens is 2. The predicted molar refractivity (Wildman–Crippen MR) is 93.1 cm³/mol. The molecule has 2 N–H and O–H groups in total. The van der Waals surface area contributed by atoms with Gasteiger partial charge in [0.1, 0.15) is 0 Å². The molecule has 2 aromatic rings. The second-order valence-electron chi connectivity index (χ2n) is 4.87. The van der Waals surface area contributed by atoms with Crippen molar-refractivity contribution in [1.82, 2.24) is 20.6 Å². The lowest BCUT2D eigenvalue weighted by atomic mass is 10.2. The first-order chi connectivity index (χ1) is 11.0. The molecule has 0 bridgehead atoms. The molecule has 8 heteroatoms. The molecule has 0 radical (unpaired) electrons. The Morgan fingerprint density at radius 3 is 2.04 bits per heavy atom. The second-order valence-corrected chi connectivity index (χ2v) is 6.70. The third kappa shape index (κ3) is 5.40. The minimum atomic E-state index is -0.246. The summed E-state index contributed by atoms with van der Waals surface area (Å²) < 4.78 is 1.46. The fourth-order valence-corrected chi connectivity index (χ4v) is 2.51. The first-order valence-corrected chi connectivity index (χ1v) is 8.34. The van der Waals surface area contributed by atoms with Crippen LogP contribution in [0.3, 0.4) is 0 Å². The van der Waals surface area contributed by atoms with E-state index in [0.29, 0.717) is 17.7 Å². The van der Waals surface area contributed by atoms with E-state index in [2.05, 4.69) is 52.5 Å². The van der Waals surface area contributed by atoms with Crippen molar-refractivity contribution in [3.8, 4) is 0 Å². The molecule has 2 amide bonds. The summed E-state index contributed by atoms with van der Waals surface area (Å²) in [5, 5.41) is 5.56. The smallest absolute Gasteiger partial charge is 0.253 e. The highest BCUT2D eigenvalue weighted by Gasteiger charge is 2.12. The van der Waals surface area contributed by atoms with Crippen molar-refractivity contribution in [2.24, 2.45) is 0 Å². The van der Waals surface area contributed by atoms with Crippen LogP contribution in [0.5, 0.6) is 0 Å². The lowest BCUT2D eigenvalue weighted by Gasteiger charge is -2.15. The Morgan fingerprint density at radius 2 is 1.52 bits per heavy atom. The summed E-state index contributed by atoms with van der Waals surface area (Å²) in [6.45, 7) is 2.11. The SMILES string of the molecule is C[C@H](CNC(=O)c1cncc(Br)c1)NC(=O)c1cncc(Br)c1. The zero-order chi connectivity index (χ0) is 16.8. The van der Waals surface area contributed by atoms with E-state index in [1.165, 1.54) is 12.4 Å². The number of amides is 2. The minimum absolute atomic E-state index is 0.231. The molecule has 23 heavy (non-hydrogen) atoms. The van der Waals surface area contributed by atoms with E-state index in [0.717, 1.165) is 8.95 Å². The monoisotopic (exact) mass is 440 g/mol. The van der Waals surface area contributed by atoms with Crippen LogP contribution in [-0.4, -0.2) is 34.4 Å². The summed E-state index contributed by atoms with van der Waals surface area (Å²) in [5.74, 6) is -0.492. The normalized spacial score (nSPS) is 11.6. The molecule has 0 fully saturated rings. The van der Waals surface area contributed by atoms with Gasteiger partial charge < -0.3 is 10.6 Å². The zero-order valence-corrected chi connectivity index (χ0v) is 15.4. The highest BCUT2D eigenvalue weighted by atomic mass is 79.9. The number of halogens is 2. The highest BCUT2D eigenvalue weighted by molar-refractivity contribution is 9.10. The number of carbonyl (C=O) groups is 2. The van der Waals surface area contributed by atoms with Crippen LogP contribution in [0.2, 0.25) is 0 Å². The molecule has 6 nitrogen and oxygen atoms in total. The van der Waals surface area contributed by atoms with E-state index >= 15 is 0 Å². The van der Waals surface area contributed by atoms with Gasteiger partial charge in [0.2, 0.25) is 0 Å². The third-order valence-corrected chi connectivity index (χ3v) is 3.75. The van der Waals surface area contributed by atoms with Gasteiger partial charge in [0.05, 0.1) is 11.1 Å². The highest BCUT2D eigenvalue weighted by Crippen LogP contribution is 2.10. The number of hydrogen-bond acceptors (Lipinski definition) is 4. The number of hydrogen-bond donors (Lipinski definition) is 2. The van der Waals surface area contributed by atoms with Crippen LogP contribution in [0.25, 0.3) is 0 Å². The van der Waals surface area contributed by atoms with Crippen molar-refractivity contribution in [2.45, 2.75) is 13.0 Å². The maximum absolute atomic E-state index is 12.1. The van der Waals surface area contributed by atoms with E-state index in [4.69, 9.17) is 0 Å². The Bertz CT molecular complexity index is 724. The predicted octanol–water partition coefficient (Wildman–Crippen LogP) is 2.55. The fourth-order valence-electron chi connectivity index (χ4n) is 1.78. The quantitative estimate of drug-likeness (QED) is 0.746. The van der Waals surface area contributed by atoms with Crippen molar-refractivity contribution in [3.05, 3.63) is 57.0 Å². The molecule has 0 aliphatic rings. The molecule has 0 unspecified atom stereocenters. The Kier molecular flexibility index (Phi) is 6.23. The van der Waals surface area contributed by atoms with Gasteiger partial charge in [-0.25, -0.2) is 0 Å². The van der Waals surface area contributed by atoms with Gasteiger partial charge in [0.25, 0.3) is 11.8 Å². The summed E-state index contributed by atoms with van der Waals surface area (Å²) in [6.07, 6.45) is 6.17. The van der Waals surface area contributed by atoms with Crippen molar-refractivity contribution in [2.75, 3.05) is 6.54 Å². The first-order valence-electron chi connectivity index (χ1n) is 6.76. The van der Waals surface area contributed by atoms with Gasteiger partial charge >= 0.3 is 0 Å². The van der Waals surface area contributed by atoms with Crippen LogP contribution < -0.4 is 10.6 Å². The molecule has 1 atom stereocenters. The number of rotatable bonds is 5. The molecule has 2 rings (SSSR count). The molecule has 2 aromatic heterocycles. The fraction of sp³-hybridized carbons (Fsp3) is 0.200. The standard InChI is InChI=1S/C15H14Br2N4O2/c1-9(21-15(23)11-3-13(17)8-19-6-11)4-20-14(22)10-2-12(16)7-18-5-10/h2-3,5-9H,4H2,1H3,(H,20,22)(H,21,23)/t9-/m1/s1. The maximum Gasteiger partial charge on any atom is 0.253 e. The van der Waals surface area contributed by atoms with E-state index in [9.17, 15) is 9.59 Å². The van der Waals surface area contributed by atoms with E-state index in [1.54, 1.807) is 24.5 Å². The summed E-state index contributed by atoms with van der Waals surface area (Å²) in [6, 6.07) is 3.13. The summed E-state index contributed by atoms with van der Waals surface area (Å²) in [7, 11) is 0. The van der Waals surface area contributed by atoms with Crippen LogP contribution in [0.15, 0.2) is 45.9 Å². The van der Waals surface area contributed by atoms with Crippen molar-refractivity contribution in [1.29, 1.82) is 0 Å². The number of nitrogens with one attached hydrogen (secondary N) is 2. The minimum Gasteiger partial charge on any atom is -0.350 e. The lowest BCUT2D eigenvalue weighted by molar-refractivity contribution is 0.0912. The topological polar surface area (TPSA) is 84.0 Å². The molecule has 0 aromatic carbocycles. The Labute approximate surface area is 150 Å². The molecular weight excluding hydrogens is 428 g/mol. The van der Waals surface area contributed by atoms with E-state index in [-0.39, 0.29) is 17.9 Å². The van der Waals surface area contributed by atoms with Crippen LogP contribution in [0, 0.1) is 0 Å². The zero-order valence-electron chi connectivity index (χ0n) is 12.2. The molecule has 0 saturated heterocycles. The summed E-state index contributed by atoms with van der Waals surface area (Å²) in [5.41, 5.74) is 0.905. The van der Waals surface area contributed by atoms with Crippen molar-refractivity contribution < 1.29 is 9.59 Å². The molecular formula is C15H14Br2N4O2. The van der Waals surface area contributed by atoms with Gasteiger partial charge in [-0.05, 0) is 50.9 Å². The Morgan fingerprint density at radius 1 is 1.00 bits per heavy atom.